The SMILES string of the molecule is C[C@@H]1CCC[C@@H](C)N1C(=O)[C@@H](C)OC(=O)C1=NNC(=O)CC1. The molecule has 0 aliphatic carbocycles. The van der Waals surface area contributed by atoms with Gasteiger partial charge in [-0.05, 0) is 40.0 Å². The van der Waals surface area contributed by atoms with Crippen molar-refractivity contribution in [1.82, 2.24) is 10.3 Å². The van der Waals surface area contributed by atoms with Gasteiger partial charge in [-0.1, -0.05) is 0 Å². The molecule has 0 aromatic heterocycles. The second-order valence-corrected chi connectivity index (χ2v) is 6.02. The van der Waals surface area contributed by atoms with Crippen molar-refractivity contribution in [2.45, 2.75) is 71.1 Å². The first kappa shape index (κ1) is 16.5. The number of carbonyl (C=O) groups is 3. The number of hydrogen-bond acceptors (Lipinski definition) is 5. The maximum atomic E-state index is 12.5. The highest BCUT2D eigenvalue weighted by atomic mass is 16.5. The van der Waals surface area contributed by atoms with Gasteiger partial charge < -0.3 is 9.64 Å². The van der Waals surface area contributed by atoms with E-state index in [-0.39, 0.29) is 42.5 Å². The van der Waals surface area contributed by atoms with Crippen molar-refractivity contribution in [3.05, 3.63) is 0 Å². The van der Waals surface area contributed by atoms with Crippen LogP contribution in [0, 0.1) is 0 Å². The molecule has 1 N–H and O–H groups in total. The summed E-state index contributed by atoms with van der Waals surface area (Å²) < 4.78 is 5.22. The average Bonchev–Trinajstić information content (AvgIpc) is 2.47. The van der Waals surface area contributed by atoms with Gasteiger partial charge >= 0.3 is 5.97 Å². The molecule has 7 heteroatoms. The lowest BCUT2D eigenvalue weighted by Gasteiger charge is -2.40. The van der Waals surface area contributed by atoms with Crippen LogP contribution in [0.25, 0.3) is 0 Å². The summed E-state index contributed by atoms with van der Waals surface area (Å²) in [6, 6.07) is 0.312. The number of likely N-dealkylation sites (tertiary alicyclic amines) is 1. The van der Waals surface area contributed by atoms with Crippen LogP contribution in [0.3, 0.4) is 0 Å². The van der Waals surface area contributed by atoms with E-state index in [1.165, 1.54) is 0 Å². The summed E-state index contributed by atoms with van der Waals surface area (Å²) in [6.07, 6.45) is 2.64. The Labute approximate surface area is 130 Å². The van der Waals surface area contributed by atoms with E-state index in [2.05, 4.69) is 10.5 Å². The number of piperidine rings is 1. The molecular formula is C15H23N3O4. The fraction of sp³-hybridized carbons (Fsp3) is 0.733. The molecule has 2 amide bonds. The van der Waals surface area contributed by atoms with Crippen molar-refractivity contribution in [1.29, 1.82) is 0 Å². The van der Waals surface area contributed by atoms with E-state index in [0.29, 0.717) is 0 Å². The Morgan fingerprint density at radius 2 is 1.91 bits per heavy atom. The van der Waals surface area contributed by atoms with Gasteiger partial charge in [0.15, 0.2) is 6.10 Å². The van der Waals surface area contributed by atoms with Gasteiger partial charge in [0.1, 0.15) is 5.71 Å². The molecule has 2 aliphatic heterocycles. The summed E-state index contributed by atoms with van der Waals surface area (Å²) in [5, 5.41) is 3.68. The van der Waals surface area contributed by atoms with E-state index in [1.807, 2.05) is 18.7 Å². The fourth-order valence-electron chi connectivity index (χ4n) is 2.97. The van der Waals surface area contributed by atoms with Gasteiger partial charge in [0.2, 0.25) is 5.91 Å². The van der Waals surface area contributed by atoms with E-state index < -0.39 is 12.1 Å². The summed E-state index contributed by atoms with van der Waals surface area (Å²) >= 11 is 0. The number of amides is 2. The van der Waals surface area contributed by atoms with E-state index in [1.54, 1.807) is 6.92 Å². The Bertz CT molecular complexity index is 493. The van der Waals surface area contributed by atoms with Crippen LogP contribution < -0.4 is 5.43 Å². The Morgan fingerprint density at radius 1 is 1.27 bits per heavy atom. The Hall–Kier alpha value is -1.92. The van der Waals surface area contributed by atoms with Gasteiger partial charge in [0.25, 0.3) is 5.91 Å². The van der Waals surface area contributed by atoms with Gasteiger partial charge in [-0.3, -0.25) is 9.59 Å². The number of ether oxygens (including phenoxy) is 1. The predicted molar refractivity (Wildman–Crippen MR) is 80.0 cm³/mol. The monoisotopic (exact) mass is 309 g/mol. The minimum atomic E-state index is -0.851. The molecule has 0 radical (unpaired) electrons. The third kappa shape index (κ3) is 3.64. The van der Waals surface area contributed by atoms with Crippen molar-refractivity contribution in [2.24, 2.45) is 5.10 Å². The molecule has 0 saturated carbocycles. The quantitative estimate of drug-likeness (QED) is 0.787. The number of nitrogens with one attached hydrogen (secondary N) is 1. The Balaban J connectivity index is 1.96. The summed E-state index contributed by atoms with van der Waals surface area (Å²) in [6.45, 7) is 5.61. The van der Waals surface area contributed by atoms with Crippen LogP contribution in [0.1, 0.15) is 52.9 Å². The summed E-state index contributed by atoms with van der Waals surface area (Å²) in [7, 11) is 0. The molecule has 122 valence electrons. The molecule has 22 heavy (non-hydrogen) atoms. The smallest absolute Gasteiger partial charge is 0.355 e. The van der Waals surface area contributed by atoms with Crippen LogP contribution in [-0.4, -0.2) is 46.6 Å². The first-order valence-electron chi connectivity index (χ1n) is 7.78. The number of hydrazone groups is 1. The predicted octanol–water partition coefficient (Wildman–Crippen LogP) is 0.974. The highest BCUT2D eigenvalue weighted by molar-refractivity contribution is 6.37. The highest BCUT2D eigenvalue weighted by Crippen LogP contribution is 2.23. The van der Waals surface area contributed by atoms with Gasteiger partial charge in [-0.2, -0.15) is 5.10 Å². The number of carbonyl (C=O) groups excluding carboxylic acids is 3. The number of rotatable bonds is 3. The van der Waals surface area contributed by atoms with Crippen LogP contribution in [-0.2, 0) is 19.1 Å². The number of hydrogen-bond donors (Lipinski definition) is 1. The lowest BCUT2D eigenvalue weighted by atomic mass is 9.97. The minimum Gasteiger partial charge on any atom is -0.448 e. The third-order valence-corrected chi connectivity index (χ3v) is 4.22. The van der Waals surface area contributed by atoms with Gasteiger partial charge in [0, 0.05) is 24.9 Å². The van der Waals surface area contributed by atoms with E-state index in [9.17, 15) is 14.4 Å². The fourth-order valence-corrected chi connectivity index (χ4v) is 2.97. The molecule has 0 bridgehead atoms. The van der Waals surface area contributed by atoms with Gasteiger partial charge in [0.05, 0.1) is 0 Å². The lowest BCUT2D eigenvalue weighted by molar-refractivity contribution is -0.158. The maximum absolute atomic E-state index is 12.5. The van der Waals surface area contributed by atoms with Gasteiger partial charge in [-0.25, -0.2) is 10.2 Å². The summed E-state index contributed by atoms with van der Waals surface area (Å²) in [5.74, 6) is -1.04. The Kier molecular flexibility index (Phi) is 5.15. The molecule has 0 aromatic rings. The molecule has 1 fully saturated rings. The van der Waals surface area contributed by atoms with Crippen LogP contribution in [0.4, 0.5) is 0 Å². The average molecular weight is 309 g/mol. The zero-order chi connectivity index (χ0) is 16.3. The second kappa shape index (κ2) is 6.89. The topological polar surface area (TPSA) is 88.1 Å². The van der Waals surface area contributed by atoms with E-state index >= 15 is 0 Å². The molecule has 7 nitrogen and oxygen atoms in total. The summed E-state index contributed by atoms with van der Waals surface area (Å²) in [4.78, 5) is 37.3. The molecule has 0 spiro atoms. The minimum absolute atomic E-state index is 0.152. The summed E-state index contributed by atoms with van der Waals surface area (Å²) in [5.41, 5.74) is 2.40. The molecule has 0 aromatic carbocycles. The Morgan fingerprint density at radius 3 is 2.45 bits per heavy atom. The van der Waals surface area contributed by atoms with Crippen molar-refractivity contribution >= 4 is 23.5 Å². The zero-order valence-corrected chi connectivity index (χ0v) is 13.3. The van der Waals surface area contributed by atoms with Crippen LogP contribution in [0.5, 0.6) is 0 Å². The first-order valence-corrected chi connectivity index (χ1v) is 7.78. The molecular weight excluding hydrogens is 286 g/mol. The molecule has 2 aliphatic rings. The third-order valence-electron chi connectivity index (χ3n) is 4.22. The van der Waals surface area contributed by atoms with Crippen LogP contribution >= 0.6 is 0 Å². The normalized spacial score (nSPS) is 26.8. The van der Waals surface area contributed by atoms with Crippen molar-refractivity contribution in [2.75, 3.05) is 0 Å². The first-order chi connectivity index (χ1) is 10.4. The van der Waals surface area contributed by atoms with Crippen molar-refractivity contribution in [3.8, 4) is 0 Å². The van der Waals surface area contributed by atoms with Crippen LogP contribution in [0.2, 0.25) is 0 Å². The van der Waals surface area contributed by atoms with Crippen LogP contribution in [0.15, 0.2) is 5.10 Å². The number of esters is 1. The zero-order valence-electron chi connectivity index (χ0n) is 13.3. The van der Waals surface area contributed by atoms with E-state index in [4.69, 9.17) is 4.74 Å². The molecule has 2 rings (SSSR count). The molecule has 2 heterocycles. The largest absolute Gasteiger partial charge is 0.448 e. The number of nitrogens with zero attached hydrogens (tertiary/aromatic N) is 2. The second-order valence-electron chi connectivity index (χ2n) is 6.02. The lowest BCUT2D eigenvalue weighted by Crippen LogP contribution is -2.51. The molecule has 1 saturated heterocycles. The van der Waals surface area contributed by atoms with E-state index in [0.717, 1.165) is 19.3 Å². The van der Waals surface area contributed by atoms with Crippen molar-refractivity contribution < 1.29 is 19.1 Å². The molecule has 0 unspecified atom stereocenters. The maximum Gasteiger partial charge on any atom is 0.355 e. The van der Waals surface area contributed by atoms with Crippen molar-refractivity contribution in [3.63, 3.8) is 0 Å². The van der Waals surface area contributed by atoms with Gasteiger partial charge in [-0.15, -0.1) is 0 Å². The standard InChI is InChI=1S/C15H23N3O4/c1-9-5-4-6-10(2)18(9)14(20)11(3)22-15(21)12-7-8-13(19)17-16-12/h9-11H,4-8H2,1-3H3,(H,17,19)/t9-,10-,11-/m1/s1. The highest BCUT2D eigenvalue weighted by Gasteiger charge is 2.34. The molecule has 3 atom stereocenters.